The predicted molar refractivity (Wildman–Crippen MR) is 78.7 cm³/mol. The molecule has 0 fully saturated rings. The van der Waals surface area contributed by atoms with Crippen molar-refractivity contribution in [3.8, 4) is 0 Å². The van der Waals surface area contributed by atoms with Gasteiger partial charge in [-0.15, -0.1) is 0 Å². The third kappa shape index (κ3) is 7.19. The maximum atomic E-state index is 11.9. The SMILES string of the molecule is CCCCCCCCN(C(=O)CC)C(CC)C(N)=O. The molecule has 1 unspecified atom stereocenters. The zero-order chi connectivity index (χ0) is 14.7. The van der Waals surface area contributed by atoms with E-state index in [1.54, 1.807) is 4.90 Å². The van der Waals surface area contributed by atoms with E-state index < -0.39 is 11.9 Å². The van der Waals surface area contributed by atoms with Crippen LogP contribution in [0.1, 0.15) is 72.1 Å². The van der Waals surface area contributed by atoms with Gasteiger partial charge in [0.05, 0.1) is 0 Å². The maximum absolute atomic E-state index is 11.9. The lowest BCUT2D eigenvalue weighted by atomic mass is 10.1. The molecule has 112 valence electrons. The molecule has 19 heavy (non-hydrogen) atoms. The summed E-state index contributed by atoms with van der Waals surface area (Å²) in [6.45, 7) is 6.57. The van der Waals surface area contributed by atoms with Crippen LogP contribution in [-0.4, -0.2) is 29.3 Å². The number of amides is 2. The summed E-state index contributed by atoms with van der Waals surface area (Å²) in [5, 5.41) is 0. The molecule has 0 aromatic carbocycles. The molecule has 0 aliphatic carbocycles. The number of nitrogens with zero attached hydrogens (tertiary/aromatic N) is 1. The molecular weight excluding hydrogens is 240 g/mol. The highest BCUT2D eigenvalue weighted by Crippen LogP contribution is 2.11. The summed E-state index contributed by atoms with van der Waals surface area (Å²) >= 11 is 0. The average molecular weight is 270 g/mol. The smallest absolute Gasteiger partial charge is 0.240 e. The fourth-order valence-corrected chi connectivity index (χ4v) is 2.30. The van der Waals surface area contributed by atoms with Crippen molar-refractivity contribution in [1.82, 2.24) is 4.90 Å². The van der Waals surface area contributed by atoms with Crippen LogP contribution in [0.15, 0.2) is 0 Å². The van der Waals surface area contributed by atoms with Gasteiger partial charge < -0.3 is 10.6 Å². The number of nitrogens with two attached hydrogens (primary N) is 1. The molecular formula is C15H30N2O2. The summed E-state index contributed by atoms with van der Waals surface area (Å²) in [6.07, 6.45) is 8.07. The average Bonchev–Trinajstić information content (AvgIpc) is 2.40. The van der Waals surface area contributed by atoms with Gasteiger partial charge in [0.25, 0.3) is 0 Å². The van der Waals surface area contributed by atoms with E-state index in [1.807, 2.05) is 13.8 Å². The molecule has 2 amide bonds. The summed E-state index contributed by atoms with van der Waals surface area (Å²) in [5.41, 5.74) is 5.38. The Bertz CT molecular complexity index is 267. The molecule has 1 atom stereocenters. The lowest BCUT2D eigenvalue weighted by Crippen LogP contribution is -2.47. The lowest BCUT2D eigenvalue weighted by molar-refractivity contribution is -0.139. The Labute approximate surface area is 117 Å². The first-order valence-electron chi connectivity index (χ1n) is 7.67. The van der Waals surface area contributed by atoms with Gasteiger partial charge in [-0.05, 0) is 12.8 Å². The van der Waals surface area contributed by atoms with Gasteiger partial charge in [-0.3, -0.25) is 9.59 Å². The van der Waals surface area contributed by atoms with Crippen molar-refractivity contribution in [2.45, 2.75) is 78.2 Å². The highest BCUT2D eigenvalue weighted by Gasteiger charge is 2.24. The van der Waals surface area contributed by atoms with Gasteiger partial charge in [-0.1, -0.05) is 52.9 Å². The molecule has 0 saturated heterocycles. The van der Waals surface area contributed by atoms with E-state index in [2.05, 4.69) is 6.92 Å². The van der Waals surface area contributed by atoms with Crippen molar-refractivity contribution in [3.05, 3.63) is 0 Å². The number of unbranched alkanes of at least 4 members (excludes halogenated alkanes) is 5. The number of hydrogen-bond donors (Lipinski definition) is 1. The Morgan fingerprint density at radius 3 is 2.05 bits per heavy atom. The first kappa shape index (κ1) is 17.9. The zero-order valence-corrected chi connectivity index (χ0v) is 12.8. The second-order valence-electron chi connectivity index (χ2n) is 5.03. The van der Waals surface area contributed by atoms with Gasteiger partial charge >= 0.3 is 0 Å². The molecule has 0 radical (unpaired) electrons. The molecule has 4 nitrogen and oxygen atoms in total. The summed E-state index contributed by atoms with van der Waals surface area (Å²) < 4.78 is 0. The Kier molecular flexibility index (Phi) is 10.2. The van der Waals surface area contributed by atoms with E-state index in [0.29, 0.717) is 19.4 Å². The first-order chi connectivity index (χ1) is 9.08. The Balaban J connectivity index is 4.21. The second kappa shape index (κ2) is 10.8. The Hall–Kier alpha value is -1.06. The van der Waals surface area contributed by atoms with Crippen molar-refractivity contribution >= 4 is 11.8 Å². The van der Waals surface area contributed by atoms with Crippen LogP contribution in [0, 0.1) is 0 Å². The van der Waals surface area contributed by atoms with Crippen LogP contribution in [-0.2, 0) is 9.59 Å². The van der Waals surface area contributed by atoms with Gasteiger partial charge in [-0.2, -0.15) is 0 Å². The highest BCUT2D eigenvalue weighted by atomic mass is 16.2. The van der Waals surface area contributed by atoms with Crippen LogP contribution >= 0.6 is 0 Å². The Morgan fingerprint density at radius 2 is 1.58 bits per heavy atom. The molecule has 0 saturated carbocycles. The van der Waals surface area contributed by atoms with Gasteiger partial charge in [0, 0.05) is 13.0 Å². The van der Waals surface area contributed by atoms with E-state index in [1.165, 1.54) is 25.7 Å². The summed E-state index contributed by atoms with van der Waals surface area (Å²) in [7, 11) is 0. The monoisotopic (exact) mass is 270 g/mol. The number of carbonyl (C=O) groups is 2. The predicted octanol–water partition coefficient (Wildman–Crippen LogP) is 2.85. The van der Waals surface area contributed by atoms with E-state index in [4.69, 9.17) is 5.73 Å². The third-order valence-electron chi connectivity index (χ3n) is 3.47. The van der Waals surface area contributed by atoms with Crippen molar-refractivity contribution in [1.29, 1.82) is 0 Å². The van der Waals surface area contributed by atoms with Crippen molar-refractivity contribution in [2.24, 2.45) is 5.73 Å². The number of rotatable bonds is 11. The van der Waals surface area contributed by atoms with Crippen LogP contribution in [0.25, 0.3) is 0 Å². The summed E-state index contributed by atoms with van der Waals surface area (Å²) in [5.74, 6) is -0.366. The van der Waals surface area contributed by atoms with Gasteiger partial charge in [-0.25, -0.2) is 0 Å². The molecule has 0 aromatic rings. The van der Waals surface area contributed by atoms with Crippen LogP contribution in [0.5, 0.6) is 0 Å². The first-order valence-corrected chi connectivity index (χ1v) is 7.67. The number of hydrogen-bond acceptors (Lipinski definition) is 2. The second-order valence-corrected chi connectivity index (χ2v) is 5.03. The highest BCUT2D eigenvalue weighted by molar-refractivity contribution is 5.86. The summed E-state index contributed by atoms with van der Waals surface area (Å²) in [4.78, 5) is 25.0. The molecule has 0 aromatic heterocycles. The van der Waals surface area contributed by atoms with Gasteiger partial charge in [0.1, 0.15) is 6.04 Å². The largest absolute Gasteiger partial charge is 0.368 e. The summed E-state index contributed by atoms with van der Waals surface area (Å²) in [6, 6.07) is -0.442. The molecule has 4 heteroatoms. The number of primary amides is 1. The lowest BCUT2D eigenvalue weighted by Gasteiger charge is -2.28. The minimum Gasteiger partial charge on any atom is -0.368 e. The standard InChI is InChI=1S/C15H30N2O2/c1-4-7-8-9-10-11-12-17(14(18)6-3)13(5-2)15(16)19/h13H,4-12H2,1-3H3,(H2,16,19). The third-order valence-corrected chi connectivity index (χ3v) is 3.47. The van der Waals surface area contributed by atoms with Crippen molar-refractivity contribution in [2.75, 3.05) is 6.54 Å². The minimum atomic E-state index is -0.442. The molecule has 2 N–H and O–H groups in total. The quantitative estimate of drug-likeness (QED) is 0.587. The Morgan fingerprint density at radius 1 is 1.00 bits per heavy atom. The fourth-order valence-electron chi connectivity index (χ4n) is 2.30. The molecule has 0 aliphatic rings. The van der Waals surface area contributed by atoms with Gasteiger partial charge in [0.2, 0.25) is 11.8 Å². The van der Waals surface area contributed by atoms with Crippen LogP contribution in [0.2, 0.25) is 0 Å². The van der Waals surface area contributed by atoms with E-state index in [9.17, 15) is 9.59 Å². The molecule has 0 aliphatic heterocycles. The molecule has 0 rings (SSSR count). The van der Waals surface area contributed by atoms with E-state index in [0.717, 1.165) is 12.8 Å². The van der Waals surface area contributed by atoms with Crippen molar-refractivity contribution < 1.29 is 9.59 Å². The van der Waals surface area contributed by atoms with Crippen molar-refractivity contribution in [3.63, 3.8) is 0 Å². The van der Waals surface area contributed by atoms with E-state index in [-0.39, 0.29) is 5.91 Å². The van der Waals surface area contributed by atoms with Crippen LogP contribution in [0.4, 0.5) is 0 Å². The van der Waals surface area contributed by atoms with E-state index >= 15 is 0 Å². The zero-order valence-electron chi connectivity index (χ0n) is 12.8. The maximum Gasteiger partial charge on any atom is 0.240 e. The van der Waals surface area contributed by atoms with Crippen LogP contribution in [0.3, 0.4) is 0 Å². The molecule has 0 heterocycles. The number of carbonyl (C=O) groups excluding carboxylic acids is 2. The normalized spacial score (nSPS) is 12.2. The van der Waals surface area contributed by atoms with Crippen LogP contribution < -0.4 is 5.73 Å². The fraction of sp³-hybridized carbons (Fsp3) is 0.867. The molecule has 0 bridgehead atoms. The van der Waals surface area contributed by atoms with Gasteiger partial charge in [0.15, 0.2) is 0 Å². The molecule has 0 spiro atoms. The minimum absolute atomic E-state index is 0.0270. The topological polar surface area (TPSA) is 63.4 Å².